The first-order chi connectivity index (χ1) is 8.35. The molecule has 0 amide bonds. The molecule has 0 aromatic rings. The third-order valence-electron chi connectivity index (χ3n) is 2.37. The van der Waals surface area contributed by atoms with Gasteiger partial charge in [-0.25, -0.2) is 0 Å². The monoisotopic (exact) mass is 258 g/mol. The fraction of sp³-hybridized carbons (Fsp3) is 0.500. The Morgan fingerprint density at radius 2 is 1.56 bits per heavy atom. The Morgan fingerprint density at radius 3 is 1.78 bits per heavy atom. The van der Waals surface area contributed by atoms with E-state index in [4.69, 9.17) is 19.7 Å². The number of hydrogen-bond acceptors (Lipinski definition) is 4. The van der Waals surface area contributed by atoms with Crippen LogP contribution in [0.25, 0.3) is 0 Å². The molecule has 0 atom stereocenters. The highest BCUT2D eigenvalue weighted by atomic mass is 16.7. The summed E-state index contributed by atoms with van der Waals surface area (Å²) in [5.41, 5.74) is -2.28. The lowest BCUT2D eigenvalue weighted by molar-refractivity contribution is -0.160. The highest BCUT2D eigenvalue weighted by molar-refractivity contribution is 6.02. The zero-order valence-corrected chi connectivity index (χ0v) is 10.7. The molecule has 0 spiro atoms. The Hall–Kier alpha value is -1.98. The molecule has 0 heterocycles. The van der Waals surface area contributed by atoms with E-state index < -0.39 is 17.4 Å². The fourth-order valence-corrected chi connectivity index (χ4v) is 1.27. The number of hydrogen-bond donors (Lipinski definition) is 2. The lowest BCUT2D eigenvalue weighted by Crippen LogP contribution is -2.38. The van der Waals surface area contributed by atoms with Crippen molar-refractivity contribution < 1.29 is 29.3 Å². The van der Waals surface area contributed by atoms with Crippen LogP contribution in [0.1, 0.15) is 20.8 Å². The van der Waals surface area contributed by atoms with Crippen molar-refractivity contribution in [3.8, 4) is 0 Å². The van der Waals surface area contributed by atoms with Crippen molar-refractivity contribution in [2.45, 2.75) is 20.8 Å². The van der Waals surface area contributed by atoms with Gasteiger partial charge in [0.2, 0.25) is 0 Å². The maximum Gasteiger partial charge on any atom is 0.325 e. The van der Waals surface area contributed by atoms with E-state index in [0.29, 0.717) is 0 Å². The summed E-state index contributed by atoms with van der Waals surface area (Å²) in [6.07, 6.45) is 1.13. The molecule has 6 nitrogen and oxygen atoms in total. The van der Waals surface area contributed by atoms with Gasteiger partial charge in [0.15, 0.2) is 5.41 Å². The summed E-state index contributed by atoms with van der Waals surface area (Å²) in [4.78, 5) is 22.4. The highest BCUT2D eigenvalue weighted by Crippen LogP contribution is 2.32. The lowest BCUT2D eigenvalue weighted by atomic mass is 9.82. The number of carboxylic acids is 2. The van der Waals surface area contributed by atoms with E-state index >= 15 is 0 Å². The van der Waals surface area contributed by atoms with Crippen LogP contribution in [0.3, 0.4) is 0 Å². The van der Waals surface area contributed by atoms with E-state index in [-0.39, 0.29) is 24.7 Å². The van der Waals surface area contributed by atoms with Crippen LogP contribution in [0.5, 0.6) is 0 Å². The van der Waals surface area contributed by atoms with Gasteiger partial charge in [-0.2, -0.15) is 0 Å². The van der Waals surface area contributed by atoms with E-state index in [2.05, 4.69) is 6.58 Å². The topological polar surface area (TPSA) is 93.1 Å². The molecule has 0 radical (unpaired) electrons. The normalized spacial score (nSPS) is 10.4. The Kier molecular flexibility index (Phi) is 5.95. The third-order valence-corrected chi connectivity index (χ3v) is 2.37. The van der Waals surface area contributed by atoms with Gasteiger partial charge in [-0.15, -0.1) is 0 Å². The SMILES string of the molecule is C=CC(=C(OCC)OCC)C(C)(C(=O)O)C(=O)O. The van der Waals surface area contributed by atoms with Crippen LogP contribution >= 0.6 is 0 Å². The van der Waals surface area contributed by atoms with Gasteiger partial charge < -0.3 is 19.7 Å². The summed E-state index contributed by atoms with van der Waals surface area (Å²) >= 11 is 0. The number of aliphatic carboxylic acids is 2. The number of rotatable bonds is 8. The third kappa shape index (κ3) is 3.03. The van der Waals surface area contributed by atoms with Crippen LogP contribution in [0.15, 0.2) is 24.2 Å². The van der Waals surface area contributed by atoms with Crippen LogP contribution in [-0.4, -0.2) is 35.4 Å². The average Bonchev–Trinajstić information content (AvgIpc) is 2.29. The molecule has 2 N–H and O–H groups in total. The molecular formula is C12H18O6. The van der Waals surface area contributed by atoms with Gasteiger partial charge in [0.1, 0.15) is 0 Å². The number of allylic oxidation sites excluding steroid dienone is 1. The maximum atomic E-state index is 11.2. The van der Waals surface area contributed by atoms with E-state index in [1.165, 1.54) is 0 Å². The molecule has 0 aliphatic rings. The molecule has 0 aromatic heterocycles. The molecule has 0 aliphatic carbocycles. The minimum Gasteiger partial charge on any atom is -0.480 e. The Morgan fingerprint density at radius 1 is 1.17 bits per heavy atom. The minimum atomic E-state index is -2.17. The van der Waals surface area contributed by atoms with Crippen LogP contribution in [0.4, 0.5) is 0 Å². The average molecular weight is 258 g/mol. The molecular weight excluding hydrogens is 240 g/mol. The Labute approximate surface area is 106 Å². The van der Waals surface area contributed by atoms with Crippen molar-refractivity contribution >= 4 is 11.9 Å². The lowest BCUT2D eigenvalue weighted by Gasteiger charge is -2.23. The number of carbonyl (C=O) groups is 2. The summed E-state index contributed by atoms with van der Waals surface area (Å²) in [5, 5.41) is 18.2. The summed E-state index contributed by atoms with van der Waals surface area (Å²) in [5.74, 6) is -3.15. The molecule has 6 heteroatoms. The molecule has 0 bridgehead atoms. The van der Waals surface area contributed by atoms with E-state index in [0.717, 1.165) is 13.0 Å². The number of carboxylic acid groups (broad SMARTS) is 2. The molecule has 0 fully saturated rings. The molecule has 0 aromatic carbocycles. The summed E-state index contributed by atoms with van der Waals surface area (Å²) in [6, 6.07) is 0. The van der Waals surface area contributed by atoms with Gasteiger partial charge in [0.05, 0.1) is 18.8 Å². The molecule has 0 saturated carbocycles. The summed E-state index contributed by atoms with van der Waals surface area (Å²) < 4.78 is 10.3. The molecule has 0 saturated heterocycles. The summed E-state index contributed by atoms with van der Waals surface area (Å²) in [6.45, 7) is 8.30. The van der Waals surface area contributed by atoms with E-state index in [9.17, 15) is 9.59 Å². The van der Waals surface area contributed by atoms with Gasteiger partial charge in [-0.3, -0.25) is 9.59 Å². The second kappa shape index (κ2) is 6.68. The van der Waals surface area contributed by atoms with Crippen molar-refractivity contribution in [1.29, 1.82) is 0 Å². The molecule has 102 valence electrons. The first kappa shape index (κ1) is 16.0. The Balaban J connectivity index is 5.87. The van der Waals surface area contributed by atoms with Gasteiger partial charge >= 0.3 is 11.9 Å². The molecule has 0 aliphatic heterocycles. The minimum absolute atomic E-state index is 0.119. The van der Waals surface area contributed by atoms with Gasteiger partial charge in [0.25, 0.3) is 5.95 Å². The second-order valence-corrected chi connectivity index (χ2v) is 3.51. The molecule has 18 heavy (non-hydrogen) atoms. The van der Waals surface area contributed by atoms with Crippen molar-refractivity contribution in [2.24, 2.45) is 5.41 Å². The predicted molar refractivity (Wildman–Crippen MR) is 63.9 cm³/mol. The van der Waals surface area contributed by atoms with E-state index in [1.807, 2.05) is 0 Å². The number of ether oxygens (including phenoxy) is 2. The van der Waals surface area contributed by atoms with Crippen LogP contribution in [0, 0.1) is 5.41 Å². The highest BCUT2D eigenvalue weighted by Gasteiger charge is 2.47. The molecule has 0 rings (SSSR count). The maximum absolute atomic E-state index is 11.2. The largest absolute Gasteiger partial charge is 0.480 e. The zero-order chi connectivity index (χ0) is 14.3. The van der Waals surface area contributed by atoms with Gasteiger partial charge in [0, 0.05) is 0 Å². The first-order valence-electron chi connectivity index (χ1n) is 5.45. The quantitative estimate of drug-likeness (QED) is 0.390. The predicted octanol–water partition coefficient (Wildman–Crippen LogP) is 1.63. The van der Waals surface area contributed by atoms with Gasteiger partial charge in [-0.1, -0.05) is 12.7 Å². The van der Waals surface area contributed by atoms with Gasteiger partial charge in [-0.05, 0) is 20.8 Å². The fourth-order valence-electron chi connectivity index (χ4n) is 1.27. The van der Waals surface area contributed by atoms with Crippen molar-refractivity contribution in [2.75, 3.05) is 13.2 Å². The first-order valence-corrected chi connectivity index (χ1v) is 5.45. The van der Waals surface area contributed by atoms with Crippen molar-refractivity contribution in [1.82, 2.24) is 0 Å². The van der Waals surface area contributed by atoms with Crippen LogP contribution in [-0.2, 0) is 19.1 Å². The summed E-state index contributed by atoms with van der Waals surface area (Å²) in [7, 11) is 0. The van der Waals surface area contributed by atoms with Crippen molar-refractivity contribution in [3.63, 3.8) is 0 Å². The van der Waals surface area contributed by atoms with E-state index in [1.54, 1.807) is 13.8 Å². The standard InChI is InChI=1S/C12H18O6/c1-5-8(9(17-6-2)18-7-3)12(4,10(13)14)11(15)16/h5H,1,6-7H2,2-4H3,(H,13,14)(H,15,16). The second-order valence-electron chi connectivity index (χ2n) is 3.51. The van der Waals surface area contributed by atoms with Crippen LogP contribution < -0.4 is 0 Å². The smallest absolute Gasteiger partial charge is 0.325 e. The Bertz CT molecular complexity index is 347. The zero-order valence-electron chi connectivity index (χ0n) is 10.7. The van der Waals surface area contributed by atoms with Crippen LogP contribution in [0.2, 0.25) is 0 Å². The van der Waals surface area contributed by atoms with Crippen molar-refractivity contribution in [3.05, 3.63) is 24.2 Å². The molecule has 0 unspecified atom stereocenters.